The summed E-state index contributed by atoms with van der Waals surface area (Å²) in [6.07, 6.45) is 2.24. The fourth-order valence-electron chi connectivity index (χ4n) is 2.46. The summed E-state index contributed by atoms with van der Waals surface area (Å²) < 4.78 is 19.4. The van der Waals surface area contributed by atoms with E-state index in [1.807, 2.05) is 24.3 Å². The molecule has 0 atom stereocenters. The highest BCUT2D eigenvalue weighted by Crippen LogP contribution is 2.33. The van der Waals surface area contributed by atoms with Crippen molar-refractivity contribution in [3.63, 3.8) is 0 Å². The molecule has 0 aliphatic carbocycles. The van der Waals surface area contributed by atoms with Gasteiger partial charge in [-0.25, -0.2) is 4.39 Å². The lowest BCUT2D eigenvalue weighted by Gasteiger charge is -2.14. The van der Waals surface area contributed by atoms with Gasteiger partial charge in [0.1, 0.15) is 15.9 Å². The van der Waals surface area contributed by atoms with Gasteiger partial charge in [0.2, 0.25) is 0 Å². The number of methoxy groups -OCH3 is 1. The van der Waals surface area contributed by atoms with Gasteiger partial charge in [-0.2, -0.15) is 0 Å². The second kappa shape index (κ2) is 7.80. The number of amides is 1. The summed E-state index contributed by atoms with van der Waals surface area (Å²) in [4.78, 5) is 14.6. The van der Waals surface area contributed by atoms with Gasteiger partial charge in [0, 0.05) is 12.1 Å². The van der Waals surface area contributed by atoms with Gasteiger partial charge < -0.3 is 4.74 Å². The van der Waals surface area contributed by atoms with Crippen molar-refractivity contribution in [2.75, 3.05) is 13.7 Å². The summed E-state index contributed by atoms with van der Waals surface area (Å²) in [5.74, 6) is 0.264. The number of carbonyl (C=O) groups excluding carboxylic acids is 1. The lowest BCUT2D eigenvalue weighted by atomic mass is 10.1. The van der Waals surface area contributed by atoms with Gasteiger partial charge in [0.25, 0.3) is 5.91 Å². The molecular weight excluding hydrogens is 357 g/mol. The maximum absolute atomic E-state index is 13.8. The number of hydrogen-bond donors (Lipinski definition) is 0. The standard InChI is InChI=1S/C19H16FNO2S2/c1-23-15-8-6-13(7-9-15)10-11-21-18(22)17(25-19(21)24)12-14-4-2-3-5-16(14)20/h2-9,12H,10-11H2,1H3/b17-12-. The molecule has 1 aliphatic rings. The summed E-state index contributed by atoms with van der Waals surface area (Å²) in [6.45, 7) is 0.492. The van der Waals surface area contributed by atoms with Crippen LogP contribution in [0.1, 0.15) is 11.1 Å². The first kappa shape index (κ1) is 17.6. The number of benzene rings is 2. The summed E-state index contributed by atoms with van der Waals surface area (Å²) in [5, 5.41) is 0. The lowest BCUT2D eigenvalue weighted by molar-refractivity contribution is -0.122. The molecule has 0 bridgehead atoms. The molecular formula is C19H16FNO2S2. The van der Waals surface area contributed by atoms with Crippen LogP contribution in [-0.4, -0.2) is 28.8 Å². The third-order valence-electron chi connectivity index (χ3n) is 3.85. The third-order valence-corrected chi connectivity index (χ3v) is 5.23. The molecule has 3 nitrogen and oxygen atoms in total. The van der Waals surface area contributed by atoms with E-state index in [1.54, 1.807) is 36.3 Å². The fourth-order valence-corrected chi connectivity index (χ4v) is 3.76. The van der Waals surface area contributed by atoms with Crippen LogP contribution in [0, 0.1) is 5.82 Å². The van der Waals surface area contributed by atoms with Crippen molar-refractivity contribution in [3.8, 4) is 5.75 Å². The summed E-state index contributed by atoms with van der Waals surface area (Å²) in [7, 11) is 1.62. The zero-order chi connectivity index (χ0) is 17.8. The van der Waals surface area contributed by atoms with E-state index in [2.05, 4.69) is 0 Å². The number of rotatable bonds is 5. The van der Waals surface area contributed by atoms with Crippen LogP contribution >= 0.6 is 24.0 Å². The molecule has 0 aromatic heterocycles. The third kappa shape index (κ3) is 4.08. The Kier molecular flexibility index (Phi) is 5.50. The first-order valence-corrected chi connectivity index (χ1v) is 8.94. The average molecular weight is 373 g/mol. The number of ether oxygens (including phenoxy) is 1. The van der Waals surface area contributed by atoms with Crippen LogP contribution in [0.5, 0.6) is 5.75 Å². The molecule has 1 heterocycles. The van der Waals surface area contributed by atoms with E-state index < -0.39 is 0 Å². The smallest absolute Gasteiger partial charge is 0.266 e. The van der Waals surface area contributed by atoms with E-state index in [-0.39, 0.29) is 11.7 Å². The largest absolute Gasteiger partial charge is 0.497 e. The Morgan fingerprint density at radius 1 is 1.20 bits per heavy atom. The van der Waals surface area contributed by atoms with E-state index in [0.717, 1.165) is 11.3 Å². The Bertz CT molecular complexity index is 834. The van der Waals surface area contributed by atoms with Crippen LogP contribution in [0.15, 0.2) is 53.4 Å². The second-order valence-electron chi connectivity index (χ2n) is 5.45. The molecule has 6 heteroatoms. The zero-order valence-corrected chi connectivity index (χ0v) is 15.2. The van der Waals surface area contributed by atoms with E-state index in [4.69, 9.17) is 17.0 Å². The highest BCUT2D eigenvalue weighted by atomic mass is 32.2. The monoisotopic (exact) mass is 373 g/mol. The van der Waals surface area contributed by atoms with Crippen LogP contribution in [-0.2, 0) is 11.2 Å². The summed E-state index contributed by atoms with van der Waals surface area (Å²) >= 11 is 6.52. The van der Waals surface area contributed by atoms with E-state index in [9.17, 15) is 9.18 Å². The number of thiocarbonyl (C=S) groups is 1. The maximum Gasteiger partial charge on any atom is 0.266 e. The minimum Gasteiger partial charge on any atom is -0.497 e. The van der Waals surface area contributed by atoms with E-state index >= 15 is 0 Å². The lowest BCUT2D eigenvalue weighted by Crippen LogP contribution is -2.30. The molecule has 3 rings (SSSR count). The Hall–Kier alpha value is -2.18. The highest BCUT2D eigenvalue weighted by molar-refractivity contribution is 8.26. The summed E-state index contributed by atoms with van der Waals surface area (Å²) in [6, 6.07) is 14.1. The van der Waals surface area contributed by atoms with Crippen molar-refractivity contribution in [3.05, 3.63) is 70.4 Å². The van der Waals surface area contributed by atoms with Crippen LogP contribution in [0.3, 0.4) is 0 Å². The van der Waals surface area contributed by atoms with Crippen LogP contribution in [0.4, 0.5) is 4.39 Å². The molecule has 0 saturated carbocycles. The molecule has 0 spiro atoms. The molecule has 1 fully saturated rings. The molecule has 128 valence electrons. The van der Waals surface area contributed by atoms with Crippen molar-refractivity contribution in [2.24, 2.45) is 0 Å². The minimum absolute atomic E-state index is 0.174. The molecule has 1 amide bonds. The molecule has 1 aliphatic heterocycles. The molecule has 2 aromatic carbocycles. The molecule has 2 aromatic rings. The Morgan fingerprint density at radius 3 is 2.60 bits per heavy atom. The van der Waals surface area contributed by atoms with E-state index in [0.29, 0.717) is 27.8 Å². The minimum atomic E-state index is -0.356. The first-order valence-electron chi connectivity index (χ1n) is 7.71. The summed E-state index contributed by atoms with van der Waals surface area (Å²) in [5.41, 5.74) is 1.48. The van der Waals surface area contributed by atoms with Gasteiger partial charge in [-0.1, -0.05) is 54.3 Å². The number of hydrogen-bond acceptors (Lipinski definition) is 4. The molecule has 0 radical (unpaired) electrons. The second-order valence-corrected chi connectivity index (χ2v) is 7.13. The zero-order valence-electron chi connectivity index (χ0n) is 13.6. The van der Waals surface area contributed by atoms with Gasteiger partial charge in [-0.15, -0.1) is 0 Å². The SMILES string of the molecule is COc1ccc(CCN2C(=O)/C(=C/c3ccccc3F)SC2=S)cc1. The van der Waals surface area contributed by atoms with Gasteiger partial charge in [-0.05, 0) is 36.3 Å². The van der Waals surface area contributed by atoms with Crippen molar-refractivity contribution in [1.82, 2.24) is 4.90 Å². The molecule has 0 unspecified atom stereocenters. The Labute approximate surface area is 155 Å². The van der Waals surface area contributed by atoms with Crippen molar-refractivity contribution < 1.29 is 13.9 Å². The fraction of sp³-hybridized carbons (Fsp3) is 0.158. The van der Waals surface area contributed by atoms with Gasteiger partial charge in [0.05, 0.1) is 12.0 Å². The first-order chi connectivity index (χ1) is 12.1. The van der Waals surface area contributed by atoms with Crippen LogP contribution in [0.25, 0.3) is 6.08 Å². The number of thioether (sulfide) groups is 1. The maximum atomic E-state index is 13.8. The van der Waals surface area contributed by atoms with E-state index in [1.165, 1.54) is 17.8 Å². The quantitative estimate of drug-likeness (QED) is 0.578. The van der Waals surface area contributed by atoms with Crippen molar-refractivity contribution in [2.45, 2.75) is 6.42 Å². The molecule has 1 saturated heterocycles. The highest BCUT2D eigenvalue weighted by Gasteiger charge is 2.31. The van der Waals surface area contributed by atoms with Gasteiger partial charge in [-0.3, -0.25) is 9.69 Å². The van der Waals surface area contributed by atoms with Crippen LogP contribution < -0.4 is 4.74 Å². The predicted molar refractivity (Wildman–Crippen MR) is 103 cm³/mol. The Morgan fingerprint density at radius 2 is 1.92 bits per heavy atom. The average Bonchev–Trinajstić information content (AvgIpc) is 2.89. The van der Waals surface area contributed by atoms with Gasteiger partial charge >= 0.3 is 0 Å². The van der Waals surface area contributed by atoms with Crippen LogP contribution in [0.2, 0.25) is 0 Å². The Balaban J connectivity index is 1.70. The van der Waals surface area contributed by atoms with Crippen molar-refractivity contribution in [1.29, 1.82) is 0 Å². The predicted octanol–water partition coefficient (Wildman–Crippen LogP) is 4.28. The van der Waals surface area contributed by atoms with Crippen molar-refractivity contribution >= 4 is 40.3 Å². The number of carbonyl (C=O) groups is 1. The van der Waals surface area contributed by atoms with Gasteiger partial charge in [0.15, 0.2) is 0 Å². The topological polar surface area (TPSA) is 29.5 Å². The number of halogens is 1. The molecule has 25 heavy (non-hydrogen) atoms. The molecule has 0 N–H and O–H groups in total. The number of nitrogens with zero attached hydrogens (tertiary/aromatic N) is 1. The normalized spacial score (nSPS) is 15.9.